The Hall–Kier alpha value is -1.18. The van der Waals surface area contributed by atoms with Gasteiger partial charge in [0, 0.05) is 0 Å². The van der Waals surface area contributed by atoms with Gasteiger partial charge in [0.05, 0.1) is 37.4 Å². The van der Waals surface area contributed by atoms with Crippen LogP contribution in [0.25, 0.3) is 0 Å². The Morgan fingerprint density at radius 3 is 1.86 bits per heavy atom. The summed E-state index contributed by atoms with van der Waals surface area (Å²) in [6, 6.07) is 0. The fourth-order valence-electron chi connectivity index (χ4n) is 1.60. The van der Waals surface area contributed by atoms with Gasteiger partial charge < -0.3 is 24.4 Å². The molecule has 0 saturated carbocycles. The second-order valence-corrected chi connectivity index (χ2v) is 5.98. The van der Waals surface area contributed by atoms with Crippen LogP contribution in [0.1, 0.15) is 40.5 Å². The molecule has 0 rings (SSSR count). The molecule has 0 aliphatic rings. The van der Waals surface area contributed by atoms with E-state index in [1.54, 1.807) is 13.8 Å². The van der Waals surface area contributed by atoms with Crippen molar-refractivity contribution in [1.82, 2.24) is 0 Å². The molecule has 7 nitrogen and oxygen atoms in total. The van der Waals surface area contributed by atoms with E-state index in [4.69, 9.17) is 24.4 Å². The normalized spacial score (nSPS) is 12.4. The first-order valence-corrected chi connectivity index (χ1v) is 6.83. The van der Waals surface area contributed by atoms with Gasteiger partial charge in [0.15, 0.2) is 0 Å². The van der Waals surface area contributed by atoms with E-state index in [0.29, 0.717) is 26.2 Å². The Balaban J connectivity index is 3.83. The molecule has 0 saturated heterocycles. The SMILES string of the molecule is CC(C)(CCOCC(=O)O)OCCOC(C)(C)CC(=O)O. The first-order chi connectivity index (χ1) is 9.54. The molecule has 0 amide bonds. The second kappa shape index (κ2) is 8.96. The smallest absolute Gasteiger partial charge is 0.329 e. The second-order valence-electron chi connectivity index (χ2n) is 5.98. The Kier molecular flexibility index (Phi) is 8.46. The van der Waals surface area contributed by atoms with Crippen molar-refractivity contribution in [1.29, 1.82) is 0 Å². The number of carbonyl (C=O) groups is 2. The molecule has 0 unspecified atom stereocenters. The molecule has 0 radical (unpaired) electrons. The highest BCUT2D eigenvalue weighted by molar-refractivity contribution is 5.68. The average Bonchev–Trinajstić information content (AvgIpc) is 2.29. The van der Waals surface area contributed by atoms with E-state index in [0.717, 1.165) is 0 Å². The molecule has 0 aromatic rings. The van der Waals surface area contributed by atoms with Crippen molar-refractivity contribution in [2.24, 2.45) is 0 Å². The Labute approximate surface area is 125 Å². The molecular weight excluding hydrogens is 280 g/mol. The van der Waals surface area contributed by atoms with Gasteiger partial charge in [0.2, 0.25) is 0 Å². The lowest BCUT2D eigenvalue weighted by Crippen LogP contribution is -2.32. The predicted octanol–water partition coefficient (Wildman–Crippen LogP) is 1.54. The van der Waals surface area contributed by atoms with Gasteiger partial charge in [-0.1, -0.05) is 0 Å². The summed E-state index contributed by atoms with van der Waals surface area (Å²) in [7, 11) is 0. The highest BCUT2D eigenvalue weighted by atomic mass is 16.5. The summed E-state index contributed by atoms with van der Waals surface area (Å²) in [5.74, 6) is -1.90. The van der Waals surface area contributed by atoms with Gasteiger partial charge in [-0.15, -0.1) is 0 Å². The van der Waals surface area contributed by atoms with Crippen molar-refractivity contribution < 1.29 is 34.0 Å². The van der Waals surface area contributed by atoms with Crippen LogP contribution in [0.5, 0.6) is 0 Å². The number of aliphatic carboxylic acids is 2. The van der Waals surface area contributed by atoms with Crippen LogP contribution in [-0.4, -0.2) is 59.8 Å². The molecule has 0 aliphatic heterocycles. The van der Waals surface area contributed by atoms with E-state index in [1.165, 1.54) is 0 Å². The fourth-order valence-corrected chi connectivity index (χ4v) is 1.60. The van der Waals surface area contributed by atoms with E-state index in [2.05, 4.69) is 0 Å². The number of hydrogen-bond acceptors (Lipinski definition) is 5. The van der Waals surface area contributed by atoms with Crippen LogP contribution in [0.3, 0.4) is 0 Å². The molecule has 0 atom stereocenters. The topological polar surface area (TPSA) is 102 Å². The fraction of sp³-hybridized carbons (Fsp3) is 0.857. The molecule has 0 spiro atoms. The number of hydrogen-bond donors (Lipinski definition) is 2. The van der Waals surface area contributed by atoms with Crippen LogP contribution in [0.2, 0.25) is 0 Å². The van der Waals surface area contributed by atoms with Crippen molar-refractivity contribution in [2.45, 2.75) is 51.7 Å². The number of carboxylic acid groups (broad SMARTS) is 2. The van der Waals surface area contributed by atoms with Crippen molar-refractivity contribution >= 4 is 11.9 Å². The highest BCUT2D eigenvalue weighted by Gasteiger charge is 2.23. The van der Waals surface area contributed by atoms with Crippen LogP contribution in [0.15, 0.2) is 0 Å². The average molecular weight is 306 g/mol. The van der Waals surface area contributed by atoms with Gasteiger partial charge >= 0.3 is 11.9 Å². The summed E-state index contributed by atoms with van der Waals surface area (Å²) in [5.41, 5.74) is -1.19. The minimum Gasteiger partial charge on any atom is -0.481 e. The molecular formula is C14H26O7. The summed E-state index contributed by atoms with van der Waals surface area (Å²) in [4.78, 5) is 20.9. The Bertz CT molecular complexity index is 336. The maximum Gasteiger partial charge on any atom is 0.329 e. The maximum atomic E-state index is 10.6. The molecule has 21 heavy (non-hydrogen) atoms. The first-order valence-electron chi connectivity index (χ1n) is 6.83. The summed E-state index contributed by atoms with van der Waals surface area (Å²) >= 11 is 0. The van der Waals surface area contributed by atoms with Crippen LogP contribution < -0.4 is 0 Å². The van der Waals surface area contributed by atoms with Gasteiger partial charge in [-0.05, 0) is 34.1 Å². The summed E-state index contributed by atoms with van der Waals surface area (Å²) < 4.78 is 16.1. The van der Waals surface area contributed by atoms with Gasteiger partial charge in [-0.2, -0.15) is 0 Å². The quantitative estimate of drug-likeness (QED) is 0.527. The third-order valence-corrected chi connectivity index (χ3v) is 2.72. The van der Waals surface area contributed by atoms with E-state index in [-0.39, 0.29) is 13.0 Å². The van der Waals surface area contributed by atoms with Crippen LogP contribution >= 0.6 is 0 Å². The standard InChI is InChI=1S/C14H26O7/c1-13(2,5-6-19-10-12(17)18)20-7-8-21-14(3,4)9-11(15)16/h5-10H2,1-4H3,(H,15,16)(H,17,18). The zero-order valence-electron chi connectivity index (χ0n) is 13.2. The van der Waals surface area contributed by atoms with Crippen LogP contribution in [-0.2, 0) is 23.8 Å². The van der Waals surface area contributed by atoms with Crippen molar-refractivity contribution in [3.63, 3.8) is 0 Å². The Morgan fingerprint density at radius 2 is 1.38 bits per heavy atom. The van der Waals surface area contributed by atoms with E-state index in [9.17, 15) is 9.59 Å². The third kappa shape index (κ3) is 12.3. The third-order valence-electron chi connectivity index (χ3n) is 2.72. The molecule has 2 N–H and O–H groups in total. The van der Waals surface area contributed by atoms with Crippen LogP contribution in [0.4, 0.5) is 0 Å². The first kappa shape index (κ1) is 19.8. The van der Waals surface area contributed by atoms with Gasteiger partial charge in [0.1, 0.15) is 6.61 Å². The zero-order chi connectivity index (χ0) is 16.5. The van der Waals surface area contributed by atoms with Crippen molar-refractivity contribution in [3.05, 3.63) is 0 Å². The monoisotopic (exact) mass is 306 g/mol. The molecule has 0 fully saturated rings. The molecule has 0 aliphatic carbocycles. The molecule has 0 bridgehead atoms. The maximum absolute atomic E-state index is 10.6. The Morgan fingerprint density at radius 1 is 0.857 bits per heavy atom. The number of ether oxygens (including phenoxy) is 3. The van der Waals surface area contributed by atoms with E-state index >= 15 is 0 Å². The molecule has 0 aromatic carbocycles. The van der Waals surface area contributed by atoms with E-state index < -0.39 is 23.1 Å². The summed E-state index contributed by atoms with van der Waals surface area (Å²) in [5, 5.41) is 17.2. The molecule has 0 heterocycles. The molecule has 124 valence electrons. The molecule has 0 aromatic heterocycles. The largest absolute Gasteiger partial charge is 0.481 e. The minimum absolute atomic E-state index is 0.0700. The minimum atomic E-state index is -0.997. The van der Waals surface area contributed by atoms with E-state index in [1.807, 2.05) is 13.8 Å². The zero-order valence-corrected chi connectivity index (χ0v) is 13.2. The summed E-state index contributed by atoms with van der Waals surface area (Å²) in [6.07, 6.45) is 0.484. The lowest BCUT2D eigenvalue weighted by atomic mass is 10.1. The molecule has 7 heteroatoms. The van der Waals surface area contributed by atoms with Crippen molar-refractivity contribution in [2.75, 3.05) is 26.4 Å². The summed E-state index contributed by atoms with van der Waals surface area (Å²) in [6.45, 7) is 7.78. The number of carboxylic acids is 2. The number of rotatable bonds is 12. The van der Waals surface area contributed by atoms with Gasteiger partial charge in [-0.25, -0.2) is 4.79 Å². The highest BCUT2D eigenvalue weighted by Crippen LogP contribution is 2.17. The van der Waals surface area contributed by atoms with Crippen molar-refractivity contribution in [3.8, 4) is 0 Å². The van der Waals surface area contributed by atoms with Gasteiger partial charge in [0.25, 0.3) is 0 Å². The lowest BCUT2D eigenvalue weighted by Gasteiger charge is -2.27. The van der Waals surface area contributed by atoms with Gasteiger partial charge in [-0.3, -0.25) is 4.79 Å². The van der Waals surface area contributed by atoms with Crippen LogP contribution in [0, 0.1) is 0 Å². The lowest BCUT2D eigenvalue weighted by molar-refractivity contribution is -0.146. The predicted molar refractivity (Wildman–Crippen MR) is 75.4 cm³/mol.